The van der Waals surface area contributed by atoms with E-state index in [0.717, 1.165) is 25.2 Å². The standard InChI is InChI=1S/C22H29ClO/c1-2-3-4-5-6-10-17-24-21-15-13-19(14-16-21)18-22(23)20-11-8-7-9-12-20/h7-9,11-16,22H,2-6,10,17-18H2,1H3. The van der Waals surface area contributed by atoms with E-state index < -0.39 is 0 Å². The molecule has 0 aromatic heterocycles. The van der Waals surface area contributed by atoms with Crippen LogP contribution in [-0.4, -0.2) is 6.61 Å². The number of rotatable bonds is 11. The molecule has 2 aromatic carbocycles. The van der Waals surface area contributed by atoms with Crippen molar-refractivity contribution in [3.63, 3.8) is 0 Å². The highest BCUT2D eigenvalue weighted by atomic mass is 35.5. The molecule has 0 heterocycles. The summed E-state index contributed by atoms with van der Waals surface area (Å²) in [6, 6.07) is 18.6. The van der Waals surface area contributed by atoms with Crippen molar-refractivity contribution in [2.45, 2.75) is 57.2 Å². The lowest BCUT2D eigenvalue weighted by Crippen LogP contribution is -1.98. The maximum Gasteiger partial charge on any atom is 0.119 e. The van der Waals surface area contributed by atoms with Gasteiger partial charge in [-0.25, -0.2) is 0 Å². The molecule has 1 nitrogen and oxygen atoms in total. The molecular weight excluding hydrogens is 316 g/mol. The molecule has 0 aliphatic carbocycles. The van der Waals surface area contributed by atoms with Gasteiger partial charge in [0.15, 0.2) is 0 Å². The number of ether oxygens (including phenoxy) is 1. The highest BCUT2D eigenvalue weighted by Gasteiger charge is 2.08. The van der Waals surface area contributed by atoms with E-state index in [9.17, 15) is 0 Å². The third-order valence-electron chi connectivity index (χ3n) is 4.27. The number of alkyl halides is 1. The number of halogens is 1. The van der Waals surface area contributed by atoms with Gasteiger partial charge in [0, 0.05) is 0 Å². The summed E-state index contributed by atoms with van der Waals surface area (Å²) < 4.78 is 5.82. The molecule has 2 rings (SSSR count). The highest BCUT2D eigenvalue weighted by Crippen LogP contribution is 2.25. The van der Waals surface area contributed by atoms with Crippen molar-refractivity contribution < 1.29 is 4.74 Å². The lowest BCUT2D eigenvalue weighted by molar-refractivity contribution is 0.304. The van der Waals surface area contributed by atoms with E-state index in [1.54, 1.807) is 0 Å². The van der Waals surface area contributed by atoms with Crippen LogP contribution in [0.15, 0.2) is 54.6 Å². The number of benzene rings is 2. The average molecular weight is 345 g/mol. The molecule has 0 radical (unpaired) electrons. The van der Waals surface area contributed by atoms with E-state index >= 15 is 0 Å². The van der Waals surface area contributed by atoms with Gasteiger partial charge in [0.05, 0.1) is 12.0 Å². The SMILES string of the molecule is CCCCCCCCOc1ccc(CC(Cl)c2ccccc2)cc1. The van der Waals surface area contributed by atoms with E-state index in [2.05, 4.69) is 43.3 Å². The summed E-state index contributed by atoms with van der Waals surface area (Å²) in [5, 5.41) is 0.0149. The molecule has 1 unspecified atom stereocenters. The van der Waals surface area contributed by atoms with E-state index in [4.69, 9.17) is 16.3 Å². The summed E-state index contributed by atoms with van der Waals surface area (Å²) in [5.74, 6) is 0.957. The minimum atomic E-state index is 0.0149. The number of hydrogen-bond acceptors (Lipinski definition) is 1. The lowest BCUT2D eigenvalue weighted by Gasteiger charge is -2.11. The number of unbranched alkanes of at least 4 members (excludes halogenated alkanes) is 5. The van der Waals surface area contributed by atoms with Gasteiger partial charge in [-0.1, -0.05) is 81.5 Å². The Morgan fingerprint density at radius 1 is 0.833 bits per heavy atom. The van der Waals surface area contributed by atoms with Crippen molar-refractivity contribution in [2.75, 3.05) is 6.61 Å². The third kappa shape index (κ3) is 6.97. The van der Waals surface area contributed by atoms with Crippen molar-refractivity contribution in [2.24, 2.45) is 0 Å². The first-order valence-electron chi connectivity index (χ1n) is 9.20. The first-order valence-corrected chi connectivity index (χ1v) is 9.64. The normalized spacial score (nSPS) is 12.1. The Morgan fingerprint density at radius 2 is 1.50 bits per heavy atom. The zero-order valence-electron chi connectivity index (χ0n) is 14.7. The summed E-state index contributed by atoms with van der Waals surface area (Å²) in [6.07, 6.45) is 8.58. The fourth-order valence-corrected chi connectivity index (χ4v) is 3.10. The molecule has 0 N–H and O–H groups in total. The largest absolute Gasteiger partial charge is 0.494 e. The Balaban J connectivity index is 1.69. The predicted octanol–water partition coefficient (Wildman–Crippen LogP) is 6.95. The molecule has 0 fully saturated rings. The van der Waals surface area contributed by atoms with E-state index in [-0.39, 0.29) is 5.38 Å². The van der Waals surface area contributed by atoms with Gasteiger partial charge < -0.3 is 4.74 Å². The smallest absolute Gasteiger partial charge is 0.119 e. The molecule has 0 amide bonds. The van der Waals surface area contributed by atoms with Gasteiger partial charge in [-0.3, -0.25) is 0 Å². The first kappa shape index (κ1) is 18.9. The predicted molar refractivity (Wildman–Crippen MR) is 104 cm³/mol. The van der Waals surface area contributed by atoms with Crippen molar-refractivity contribution in [1.82, 2.24) is 0 Å². The number of hydrogen-bond donors (Lipinski definition) is 0. The molecule has 0 bridgehead atoms. The van der Waals surface area contributed by atoms with Gasteiger partial charge in [0.2, 0.25) is 0 Å². The van der Waals surface area contributed by atoms with Gasteiger partial charge >= 0.3 is 0 Å². The molecule has 2 aromatic rings. The van der Waals surface area contributed by atoms with Crippen molar-refractivity contribution in [3.8, 4) is 5.75 Å². The first-order chi connectivity index (χ1) is 11.8. The molecule has 1 atom stereocenters. The molecule has 2 heteroatoms. The summed E-state index contributed by atoms with van der Waals surface area (Å²) in [7, 11) is 0. The van der Waals surface area contributed by atoms with E-state index in [1.165, 1.54) is 43.2 Å². The molecule has 24 heavy (non-hydrogen) atoms. The summed E-state index contributed by atoms with van der Waals surface area (Å²) in [5.41, 5.74) is 2.41. The topological polar surface area (TPSA) is 9.23 Å². The Morgan fingerprint density at radius 3 is 2.21 bits per heavy atom. The zero-order chi connectivity index (χ0) is 17.0. The second-order valence-corrected chi connectivity index (χ2v) is 6.87. The zero-order valence-corrected chi connectivity index (χ0v) is 15.5. The lowest BCUT2D eigenvalue weighted by atomic mass is 10.0. The van der Waals surface area contributed by atoms with Crippen LogP contribution in [0.2, 0.25) is 0 Å². The minimum absolute atomic E-state index is 0.0149. The van der Waals surface area contributed by atoms with Gasteiger partial charge in [-0.05, 0) is 36.1 Å². The fourth-order valence-electron chi connectivity index (χ4n) is 2.78. The molecule has 0 aliphatic heterocycles. The van der Waals surface area contributed by atoms with Crippen molar-refractivity contribution in [1.29, 1.82) is 0 Å². The molecule has 130 valence electrons. The molecule has 0 aliphatic rings. The summed E-state index contributed by atoms with van der Waals surface area (Å²) in [6.45, 7) is 3.06. The van der Waals surface area contributed by atoms with Crippen LogP contribution >= 0.6 is 11.6 Å². The fraction of sp³-hybridized carbons (Fsp3) is 0.455. The Kier molecular flexibility index (Phi) is 8.76. The van der Waals surface area contributed by atoms with Crippen molar-refractivity contribution >= 4 is 11.6 Å². The quantitative estimate of drug-likeness (QED) is 0.316. The Bertz CT molecular complexity index is 550. The van der Waals surface area contributed by atoms with Gasteiger partial charge in [0.25, 0.3) is 0 Å². The molecule has 0 saturated carbocycles. The molecular formula is C22H29ClO. The molecule has 0 saturated heterocycles. The van der Waals surface area contributed by atoms with Crippen LogP contribution in [0, 0.1) is 0 Å². The summed E-state index contributed by atoms with van der Waals surface area (Å²) >= 11 is 6.50. The van der Waals surface area contributed by atoms with Crippen LogP contribution in [0.4, 0.5) is 0 Å². The maximum atomic E-state index is 6.50. The van der Waals surface area contributed by atoms with Crippen LogP contribution in [0.1, 0.15) is 62.0 Å². The summed E-state index contributed by atoms with van der Waals surface area (Å²) in [4.78, 5) is 0. The maximum absolute atomic E-state index is 6.50. The van der Waals surface area contributed by atoms with Gasteiger partial charge in [-0.15, -0.1) is 11.6 Å². The highest BCUT2D eigenvalue weighted by molar-refractivity contribution is 6.20. The second-order valence-electron chi connectivity index (χ2n) is 6.34. The Hall–Kier alpha value is -1.47. The van der Waals surface area contributed by atoms with Crippen molar-refractivity contribution in [3.05, 3.63) is 65.7 Å². The van der Waals surface area contributed by atoms with Crippen LogP contribution in [0.3, 0.4) is 0 Å². The monoisotopic (exact) mass is 344 g/mol. The van der Waals surface area contributed by atoms with Gasteiger partial charge in [-0.2, -0.15) is 0 Å². The van der Waals surface area contributed by atoms with Crippen LogP contribution in [-0.2, 0) is 6.42 Å². The van der Waals surface area contributed by atoms with Crippen LogP contribution in [0.25, 0.3) is 0 Å². The average Bonchev–Trinajstić information content (AvgIpc) is 2.63. The Labute approximate surface area is 152 Å². The second kappa shape index (κ2) is 11.1. The van der Waals surface area contributed by atoms with Crippen LogP contribution < -0.4 is 4.74 Å². The minimum Gasteiger partial charge on any atom is -0.494 e. The third-order valence-corrected chi connectivity index (χ3v) is 4.67. The van der Waals surface area contributed by atoms with E-state index in [0.29, 0.717) is 0 Å². The van der Waals surface area contributed by atoms with Crippen LogP contribution in [0.5, 0.6) is 5.75 Å². The van der Waals surface area contributed by atoms with Gasteiger partial charge in [0.1, 0.15) is 5.75 Å². The molecule has 0 spiro atoms. The van der Waals surface area contributed by atoms with E-state index in [1.807, 2.05) is 18.2 Å².